The van der Waals surface area contributed by atoms with E-state index in [1.807, 2.05) is 12.1 Å². The molecule has 20 heavy (non-hydrogen) atoms. The summed E-state index contributed by atoms with van der Waals surface area (Å²) in [6.45, 7) is 0. The molecule has 0 saturated carbocycles. The molecule has 6 heteroatoms. The zero-order chi connectivity index (χ0) is 14.5. The fourth-order valence-corrected chi connectivity index (χ4v) is 4.29. The number of carbonyl (C=O) groups excluding carboxylic acids is 2. The van der Waals surface area contributed by atoms with E-state index < -0.39 is 10.5 Å². The van der Waals surface area contributed by atoms with E-state index in [1.54, 1.807) is 36.4 Å². The Kier molecular flexibility index (Phi) is 5.54. The molecule has 0 amide bonds. The van der Waals surface area contributed by atoms with Crippen molar-refractivity contribution >= 4 is 55.3 Å². The van der Waals surface area contributed by atoms with Crippen LogP contribution in [0.15, 0.2) is 58.3 Å². The van der Waals surface area contributed by atoms with Crippen molar-refractivity contribution in [3.63, 3.8) is 0 Å². The summed E-state index contributed by atoms with van der Waals surface area (Å²) >= 11 is 11.1. The second-order valence-electron chi connectivity index (χ2n) is 3.71. The quantitative estimate of drug-likeness (QED) is 0.547. The normalized spacial score (nSPS) is 10.3. The third-order valence-corrected chi connectivity index (χ3v) is 5.31. The first-order valence-corrected chi connectivity index (χ1v) is 8.42. The van der Waals surface area contributed by atoms with Gasteiger partial charge in [-0.05, 0) is 47.5 Å². The van der Waals surface area contributed by atoms with Crippen LogP contribution in [0.5, 0.6) is 0 Å². The van der Waals surface area contributed by atoms with Crippen LogP contribution in [0.2, 0.25) is 0 Å². The molecule has 102 valence electrons. The lowest BCUT2D eigenvalue weighted by molar-refractivity contribution is 0.107. The van der Waals surface area contributed by atoms with Gasteiger partial charge in [0.05, 0.1) is 0 Å². The van der Waals surface area contributed by atoms with Gasteiger partial charge in [0.25, 0.3) is 10.5 Å². The van der Waals surface area contributed by atoms with Crippen LogP contribution in [0.4, 0.5) is 0 Å². The second kappa shape index (κ2) is 7.18. The van der Waals surface area contributed by atoms with Gasteiger partial charge in [-0.15, -0.1) is 0 Å². The number of hydrogen-bond acceptors (Lipinski definition) is 4. The summed E-state index contributed by atoms with van der Waals surface area (Å²) < 4.78 is 0. The molecule has 2 rings (SSSR count). The molecule has 0 aliphatic heterocycles. The van der Waals surface area contributed by atoms with Crippen molar-refractivity contribution in [3.05, 3.63) is 59.7 Å². The first-order valence-electron chi connectivity index (χ1n) is 5.52. The largest absolute Gasteiger partial charge is 0.276 e. The smallest absolute Gasteiger partial charge is 0.253 e. The van der Waals surface area contributed by atoms with E-state index >= 15 is 0 Å². The Bertz CT molecular complexity index is 602. The van der Waals surface area contributed by atoms with E-state index in [4.69, 9.17) is 23.2 Å². The number of halogens is 2. The minimum Gasteiger partial charge on any atom is -0.276 e. The van der Waals surface area contributed by atoms with Crippen molar-refractivity contribution in [2.24, 2.45) is 0 Å². The molecule has 0 N–H and O–H groups in total. The first-order chi connectivity index (χ1) is 9.59. The van der Waals surface area contributed by atoms with Crippen molar-refractivity contribution in [2.45, 2.75) is 9.79 Å². The van der Waals surface area contributed by atoms with Gasteiger partial charge in [-0.25, -0.2) is 0 Å². The Balaban J connectivity index is 2.22. The molecule has 0 heterocycles. The molecule has 0 bridgehead atoms. The van der Waals surface area contributed by atoms with Gasteiger partial charge >= 0.3 is 0 Å². The minimum atomic E-state index is -0.504. The van der Waals surface area contributed by atoms with E-state index in [9.17, 15) is 9.59 Å². The van der Waals surface area contributed by atoms with Gasteiger partial charge in [0.1, 0.15) is 0 Å². The minimum absolute atomic E-state index is 0.446. The number of rotatable bonds is 5. The van der Waals surface area contributed by atoms with E-state index in [0.717, 1.165) is 9.79 Å². The maximum atomic E-state index is 11.3. The van der Waals surface area contributed by atoms with Crippen LogP contribution in [0.3, 0.4) is 0 Å². The highest BCUT2D eigenvalue weighted by atomic mass is 35.5. The molecular weight excluding hydrogens is 339 g/mol. The highest BCUT2D eigenvalue weighted by molar-refractivity contribution is 8.76. The van der Waals surface area contributed by atoms with E-state index in [2.05, 4.69) is 0 Å². The first kappa shape index (κ1) is 15.4. The predicted molar refractivity (Wildman–Crippen MR) is 85.0 cm³/mol. The molecule has 2 aromatic rings. The fraction of sp³-hybridized carbons (Fsp3) is 0. The zero-order valence-corrected chi connectivity index (χ0v) is 13.2. The van der Waals surface area contributed by atoms with Gasteiger partial charge in [-0.3, -0.25) is 9.59 Å². The lowest BCUT2D eigenvalue weighted by atomic mass is 10.3. The van der Waals surface area contributed by atoms with Crippen LogP contribution < -0.4 is 0 Å². The average Bonchev–Trinajstić information content (AvgIpc) is 2.45. The molecule has 0 spiro atoms. The van der Waals surface area contributed by atoms with Crippen LogP contribution >= 0.6 is 44.8 Å². The average molecular weight is 347 g/mol. The maximum Gasteiger partial charge on any atom is 0.253 e. The lowest BCUT2D eigenvalue weighted by Gasteiger charge is -2.07. The van der Waals surface area contributed by atoms with Crippen molar-refractivity contribution < 1.29 is 9.59 Å². The van der Waals surface area contributed by atoms with Gasteiger partial charge in [0.2, 0.25) is 0 Å². The summed E-state index contributed by atoms with van der Waals surface area (Å²) in [5, 5.41) is -1.01. The molecule has 0 radical (unpaired) electrons. The summed E-state index contributed by atoms with van der Waals surface area (Å²) in [5.41, 5.74) is 0.891. The van der Waals surface area contributed by atoms with Crippen LogP contribution in [-0.2, 0) is 0 Å². The topological polar surface area (TPSA) is 34.1 Å². The molecule has 0 saturated heterocycles. The Morgan fingerprint density at radius 3 is 1.40 bits per heavy atom. The summed E-state index contributed by atoms with van der Waals surface area (Å²) in [7, 11) is 2.72. The summed E-state index contributed by atoms with van der Waals surface area (Å²) in [5.74, 6) is 0. The molecule has 0 aromatic heterocycles. The standard InChI is InChI=1S/C14H8Cl2O2S2/c15-13(17)9-5-1-3-7-11(9)19-20-12-8-4-2-6-10(12)14(16)18/h1-8H/i13+2,14+2. The third-order valence-electron chi connectivity index (χ3n) is 2.42. The van der Waals surface area contributed by atoms with Gasteiger partial charge < -0.3 is 0 Å². The maximum absolute atomic E-state index is 11.3. The van der Waals surface area contributed by atoms with Gasteiger partial charge in [-0.1, -0.05) is 45.9 Å². The van der Waals surface area contributed by atoms with Gasteiger partial charge in [-0.2, -0.15) is 0 Å². The van der Waals surface area contributed by atoms with E-state index in [1.165, 1.54) is 21.6 Å². The van der Waals surface area contributed by atoms with Crippen molar-refractivity contribution in [2.75, 3.05) is 0 Å². The Hall–Kier alpha value is -0.940. The van der Waals surface area contributed by atoms with Gasteiger partial charge in [0.15, 0.2) is 0 Å². The number of carbonyl (C=O) groups is 2. The Morgan fingerprint density at radius 1 is 0.700 bits per heavy atom. The van der Waals surface area contributed by atoms with Gasteiger partial charge in [0, 0.05) is 20.9 Å². The molecule has 0 aliphatic carbocycles. The van der Waals surface area contributed by atoms with Crippen LogP contribution in [0.1, 0.15) is 20.7 Å². The van der Waals surface area contributed by atoms with Crippen LogP contribution in [-0.4, -0.2) is 10.5 Å². The van der Waals surface area contributed by atoms with Crippen molar-refractivity contribution in [1.82, 2.24) is 0 Å². The Morgan fingerprint density at radius 2 is 1.05 bits per heavy atom. The SMILES string of the molecule is O=[14C](Cl)c1ccccc1SSc1ccccc1[14C](=O)Cl. The number of benzene rings is 2. The molecule has 0 atom stereocenters. The molecule has 0 fully saturated rings. The molecule has 2 nitrogen and oxygen atoms in total. The molecule has 0 unspecified atom stereocenters. The third kappa shape index (κ3) is 3.79. The monoisotopic (exact) mass is 346 g/mol. The number of hydrogen-bond donors (Lipinski definition) is 0. The summed E-state index contributed by atoms with van der Waals surface area (Å²) in [6.07, 6.45) is 0. The van der Waals surface area contributed by atoms with E-state index in [0.29, 0.717) is 11.1 Å². The lowest BCUT2D eigenvalue weighted by Crippen LogP contribution is -1.92. The highest BCUT2D eigenvalue weighted by Gasteiger charge is 2.12. The van der Waals surface area contributed by atoms with Crippen LogP contribution in [0, 0.1) is 0 Å². The molecule has 0 aliphatic rings. The van der Waals surface area contributed by atoms with Crippen molar-refractivity contribution in [3.8, 4) is 0 Å². The second-order valence-corrected chi connectivity index (χ2v) is 6.61. The summed E-state index contributed by atoms with van der Waals surface area (Å²) in [6, 6.07) is 14.1. The van der Waals surface area contributed by atoms with Crippen molar-refractivity contribution in [1.29, 1.82) is 0 Å². The molecular formula is C14H8Cl2O2S2. The van der Waals surface area contributed by atoms with E-state index in [-0.39, 0.29) is 0 Å². The summed E-state index contributed by atoms with van der Waals surface area (Å²) in [4.78, 5) is 24.1. The zero-order valence-electron chi connectivity index (χ0n) is 10.0. The fourth-order valence-electron chi connectivity index (χ4n) is 1.49. The molecule has 2 aromatic carbocycles. The van der Waals surface area contributed by atoms with Crippen LogP contribution in [0.25, 0.3) is 0 Å². The highest BCUT2D eigenvalue weighted by Crippen LogP contribution is 2.40. The predicted octanol–water partition coefficient (Wildman–Crippen LogP) is 5.24. The Labute approximate surface area is 134 Å².